The second-order valence-corrected chi connectivity index (χ2v) is 6.26. The van der Waals surface area contributed by atoms with Gasteiger partial charge in [0.25, 0.3) is 0 Å². The van der Waals surface area contributed by atoms with E-state index in [1.807, 2.05) is 53.4 Å². The lowest BCUT2D eigenvalue weighted by Gasteiger charge is -2.08. The number of aryl methyl sites for hydroxylation is 1. The summed E-state index contributed by atoms with van der Waals surface area (Å²) in [5.74, 6) is 0. The molecule has 0 spiro atoms. The van der Waals surface area contributed by atoms with Crippen LogP contribution in [-0.4, -0.2) is 18.5 Å². The van der Waals surface area contributed by atoms with Gasteiger partial charge in [-0.2, -0.15) is 23.0 Å². The van der Waals surface area contributed by atoms with Crippen LogP contribution in [0.2, 0.25) is 0 Å². The van der Waals surface area contributed by atoms with Crippen molar-refractivity contribution in [1.29, 1.82) is 5.26 Å². The van der Waals surface area contributed by atoms with Crippen LogP contribution in [0.3, 0.4) is 0 Å². The summed E-state index contributed by atoms with van der Waals surface area (Å²) in [6, 6.07) is 18.4. The lowest BCUT2D eigenvalue weighted by atomic mass is 10.1. The highest BCUT2D eigenvalue weighted by Crippen LogP contribution is 2.20. The van der Waals surface area contributed by atoms with Gasteiger partial charge in [0, 0.05) is 18.6 Å². The van der Waals surface area contributed by atoms with Crippen LogP contribution in [0.5, 0.6) is 0 Å². The van der Waals surface area contributed by atoms with E-state index in [4.69, 9.17) is 13.0 Å². The largest absolute Gasteiger partial charge is 0.741 e. The molecule has 0 aliphatic heterocycles. The minimum absolute atomic E-state index is 0.0867. The summed E-state index contributed by atoms with van der Waals surface area (Å²) >= 11 is 0. The first-order valence-corrected chi connectivity index (χ1v) is 8.47. The molecule has 1 aromatic heterocycles. The minimum atomic E-state index is -6.09. The Morgan fingerprint density at radius 1 is 1.08 bits per heavy atom. The highest BCUT2D eigenvalue weighted by atomic mass is 32.2. The number of rotatable bonds is 4. The number of alkyl halides is 3. The lowest BCUT2D eigenvalue weighted by Crippen LogP contribution is -2.37. The number of aromatic nitrogens is 1. The number of nitrogens with zero attached hydrogens (tertiary/aromatic N) is 2. The average Bonchev–Trinajstić information content (AvgIpc) is 2.56. The normalized spacial score (nSPS) is 12.4. The van der Waals surface area contributed by atoms with Gasteiger partial charge in [-0.15, -0.1) is 0 Å². The van der Waals surface area contributed by atoms with Crippen molar-refractivity contribution in [1.82, 2.24) is 0 Å². The van der Waals surface area contributed by atoms with Crippen molar-refractivity contribution in [2.75, 3.05) is 0 Å². The van der Waals surface area contributed by atoms with Gasteiger partial charge in [-0.05, 0) is 12.0 Å². The molecule has 0 saturated heterocycles. The summed E-state index contributed by atoms with van der Waals surface area (Å²) in [6.07, 6.45) is 5.66. The van der Waals surface area contributed by atoms with Crippen molar-refractivity contribution in [3.8, 4) is 6.07 Å². The Hall–Kier alpha value is -2.44. The first-order valence-electron chi connectivity index (χ1n) is 7.06. The molecule has 0 bridgehead atoms. The Morgan fingerprint density at radius 3 is 2.00 bits per heavy atom. The van der Waals surface area contributed by atoms with Gasteiger partial charge in [-0.1, -0.05) is 36.4 Å². The summed E-state index contributed by atoms with van der Waals surface area (Å²) < 4.78 is 60.9. The van der Waals surface area contributed by atoms with Crippen LogP contribution in [0.15, 0.2) is 60.9 Å². The van der Waals surface area contributed by atoms with Crippen LogP contribution in [-0.2, 0) is 16.5 Å². The molecule has 1 atom stereocenters. The molecule has 0 aliphatic rings. The molecule has 1 unspecified atom stereocenters. The molecule has 25 heavy (non-hydrogen) atoms. The van der Waals surface area contributed by atoms with Crippen LogP contribution >= 0.6 is 0 Å². The van der Waals surface area contributed by atoms with E-state index >= 15 is 0 Å². The maximum atomic E-state index is 10.7. The maximum Gasteiger partial charge on any atom is 0.485 e. The molecule has 0 N–H and O–H groups in total. The quantitative estimate of drug-likeness (QED) is 0.469. The third-order valence-corrected chi connectivity index (χ3v) is 3.65. The highest BCUT2D eigenvalue weighted by Gasteiger charge is 2.36. The average molecular weight is 372 g/mol. The minimum Gasteiger partial charge on any atom is -0.741 e. The topological polar surface area (TPSA) is 84.9 Å². The van der Waals surface area contributed by atoms with E-state index < -0.39 is 15.6 Å². The van der Waals surface area contributed by atoms with E-state index in [1.165, 1.54) is 5.56 Å². The van der Waals surface area contributed by atoms with Gasteiger partial charge in [0.2, 0.25) is 6.04 Å². The molecule has 5 nitrogen and oxygen atoms in total. The molecule has 134 valence electrons. The van der Waals surface area contributed by atoms with Gasteiger partial charge in [0.1, 0.15) is 6.07 Å². The molecular weight excluding hydrogens is 357 g/mol. The summed E-state index contributed by atoms with van der Waals surface area (Å²) in [5, 5.41) is 9.19. The second-order valence-electron chi connectivity index (χ2n) is 4.89. The first-order chi connectivity index (χ1) is 11.6. The van der Waals surface area contributed by atoms with Crippen LogP contribution in [0, 0.1) is 11.3 Å². The van der Waals surface area contributed by atoms with Gasteiger partial charge in [-0.25, -0.2) is 8.42 Å². The lowest BCUT2D eigenvalue weighted by molar-refractivity contribution is -0.710. The fourth-order valence-corrected chi connectivity index (χ4v) is 1.85. The molecule has 2 aromatic rings. The second kappa shape index (κ2) is 9.15. The van der Waals surface area contributed by atoms with Crippen LogP contribution in [0.1, 0.15) is 18.0 Å². The molecule has 1 aromatic carbocycles. The molecule has 0 amide bonds. The summed E-state index contributed by atoms with van der Waals surface area (Å²) in [4.78, 5) is 0. The zero-order chi connectivity index (χ0) is 18.9. The summed E-state index contributed by atoms with van der Waals surface area (Å²) in [6.45, 7) is 0. The van der Waals surface area contributed by atoms with Crippen molar-refractivity contribution in [2.45, 2.75) is 24.4 Å². The molecule has 1 heterocycles. The predicted molar refractivity (Wildman–Crippen MR) is 81.8 cm³/mol. The SMILES string of the molecule is N#CC(CCc1ccccc1)[n+]1ccccc1.O=S(=O)([O-])C(F)(F)F. The van der Waals surface area contributed by atoms with Crippen molar-refractivity contribution in [2.24, 2.45) is 0 Å². The number of pyridine rings is 1. The molecule has 0 fully saturated rings. The number of hydrogen-bond acceptors (Lipinski definition) is 4. The molecule has 0 radical (unpaired) electrons. The van der Waals surface area contributed by atoms with Crippen molar-refractivity contribution in [3.63, 3.8) is 0 Å². The van der Waals surface area contributed by atoms with Crippen molar-refractivity contribution < 1.29 is 30.7 Å². The third kappa shape index (κ3) is 7.32. The van der Waals surface area contributed by atoms with Crippen LogP contribution in [0.4, 0.5) is 13.2 Å². The Balaban J connectivity index is 0.000000333. The van der Waals surface area contributed by atoms with Crippen LogP contribution in [0.25, 0.3) is 0 Å². The smallest absolute Gasteiger partial charge is 0.485 e. The monoisotopic (exact) mass is 372 g/mol. The molecule has 9 heteroatoms. The third-order valence-electron chi connectivity index (χ3n) is 3.08. The van der Waals surface area contributed by atoms with E-state index in [9.17, 15) is 18.4 Å². The number of halogens is 3. The maximum absolute atomic E-state index is 10.7. The molecule has 0 saturated carbocycles. The van der Waals surface area contributed by atoms with Gasteiger partial charge in [0.05, 0.1) is 0 Å². The first kappa shape index (κ1) is 20.6. The van der Waals surface area contributed by atoms with Gasteiger partial charge in [-0.3, -0.25) is 0 Å². The zero-order valence-corrected chi connectivity index (χ0v) is 13.7. The zero-order valence-electron chi connectivity index (χ0n) is 12.9. The van der Waals surface area contributed by atoms with Crippen molar-refractivity contribution >= 4 is 10.1 Å². The van der Waals surface area contributed by atoms with Gasteiger partial charge in [0.15, 0.2) is 22.5 Å². The molecule has 0 aliphatic carbocycles. The Kier molecular flexibility index (Phi) is 7.54. The fourth-order valence-electron chi connectivity index (χ4n) is 1.85. The van der Waals surface area contributed by atoms with E-state index in [-0.39, 0.29) is 6.04 Å². The van der Waals surface area contributed by atoms with E-state index in [0.29, 0.717) is 0 Å². The Bertz CT molecular complexity index is 789. The number of benzene rings is 1. The summed E-state index contributed by atoms with van der Waals surface area (Å²) in [5.41, 5.74) is -4.36. The molecule has 2 rings (SSSR count). The number of hydrogen-bond donors (Lipinski definition) is 0. The van der Waals surface area contributed by atoms with Crippen molar-refractivity contribution in [3.05, 3.63) is 66.5 Å². The van der Waals surface area contributed by atoms with E-state index in [0.717, 1.165) is 12.8 Å². The standard InChI is InChI=1S/C15H15N2.CHF3O3S/c16-13-15(17-11-5-2-6-12-17)10-9-14-7-3-1-4-8-14;2-1(3,4)8(5,6)7/h1-8,11-12,15H,9-10H2;(H,5,6,7)/q+1;/p-1. The Morgan fingerprint density at radius 2 is 1.56 bits per heavy atom. The van der Waals surface area contributed by atoms with Crippen LogP contribution < -0.4 is 4.57 Å². The number of nitriles is 1. The summed E-state index contributed by atoms with van der Waals surface area (Å²) in [7, 11) is -6.09. The van der Waals surface area contributed by atoms with Gasteiger partial charge >= 0.3 is 5.51 Å². The van der Waals surface area contributed by atoms with E-state index in [2.05, 4.69) is 18.2 Å². The predicted octanol–water partition coefficient (Wildman–Crippen LogP) is 2.72. The fraction of sp³-hybridized carbons (Fsp3) is 0.250. The Labute approximate surface area is 143 Å². The van der Waals surface area contributed by atoms with Gasteiger partial charge < -0.3 is 4.55 Å². The molecular formula is C16H15F3N2O3S. The highest BCUT2D eigenvalue weighted by molar-refractivity contribution is 7.86. The van der Waals surface area contributed by atoms with E-state index in [1.54, 1.807) is 0 Å².